The molecule has 5 heteroatoms. The molecule has 4 nitrogen and oxygen atoms in total. The van der Waals surface area contributed by atoms with Gasteiger partial charge in [-0.15, -0.1) is 0 Å². The van der Waals surface area contributed by atoms with Crippen molar-refractivity contribution in [3.8, 4) is 0 Å². The highest BCUT2D eigenvalue weighted by Gasteiger charge is 1.95. The number of pyridine rings is 1. The molecule has 2 aromatic rings. The maximum Gasteiger partial charge on any atom is 0.239 e. The minimum Gasteiger partial charge on any atom is -0.322 e. The Morgan fingerprint density at radius 2 is 2.42 bits per heavy atom. The topological polar surface area (TPSA) is 50.7 Å². The minimum atomic E-state index is 0.619. The predicted molar refractivity (Wildman–Crippen MR) is 47.4 cm³/mol. The first-order valence-corrected chi connectivity index (χ1v) is 4.22. The average molecular weight is 178 g/mol. The summed E-state index contributed by atoms with van der Waals surface area (Å²) < 4.78 is 4.00. The molecule has 0 bridgehead atoms. The fourth-order valence-corrected chi connectivity index (χ4v) is 1.18. The summed E-state index contributed by atoms with van der Waals surface area (Å²) >= 11 is 1.31. The number of hydrogen-bond acceptors (Lipinski definition) is 5. The van der Waals surface area contributed by atoms with Gasteiger partial charge >= 0.3 is 0 Å². The number of anilines is 2. The summed E-state index contributed by atoms with van der Waals surface area (Å²) in [6.45, 7) is 0. The van der Waals surface area contributed by atoms with Crippen LogP contribution in [0.2, 0.25) is 0 Å². The maximum absolute atomic E-state index is 4.00. The molecule has 2 heterocycles. The van der Waals surface area contributed by atoms with Crippen LogP contribution in [0.1, 0.15) is 0 Å². The van der Waals surface area contributed by atoms with Crippen LogP contribution in [0.3, 0.4) is 0 Å². The Morgan fingerprint density at radius 1 is 1.42 bits per heavy atom. The van der Waals surface area contributed by atoms with Crippen LogP contribution in [0.4, 0.5) is 11.6 Å². The van der Waals surface area contributed by atoms with Crippen LogP contribution in [0.15, 0.2) is 30.0 Å². The zero-order chi connectivity index (χ0) is 8.23. The Kier molecular flexibility index (Phi) is 1.96. The summed E-state index contributed by atoms with van der Waals surface area (Å²) in [6, 6.07) is 3.77. The molecule has 0 unspecified atom stereocenters. The molecule has 2 aromatic heterocycles. The number of aromatic nitrogens is 3. The Bertz CT molecular complexity index is 332. The molecule has 0 spiro atoms. The van der Waals surface area contributed by atoms with E-state index in [9.17, 15) is 0 Å². The van der Waals surface area contributed by atoms with Crippen LogP contribution in [0.5, 0.6) is 0 Å². The SMILES string of the molecule is c1cncc(Nc2ncsn2)c1. The second kappa shape index (κ2) is 3.27. The zero-order valence-electron chi connectivity index (χ0n) is 6.14. The first-order valence-electron chi connectivity index (χ1n) is 3.38. The first kappa shape index (κ1) is 7.17. The van der Waals surface area contributed by atoms with Gasteiger partial charge in [0.15, 0.2) is 0 Å². The lowest BCUT2D eigenvalue weighted by Gasteiger charge is -1.98. The molecule has 0 aliphatic rings. The van der Waals surface area contributed by atoms with Crippen molar-refractivity contribution in [1.29, 1.82) is 0 Å². The second-order valence-corrected chi connectivity index (χ2v) is 2.73. The molecule has 60 valence electrons. The van der Waals surface area contributed by atoms with Gasteiger partial charge in [0, 0.05) is 6.20 Å². The Labute approximate surface area is 73.5 Å². The summed E-state index contributed by atoms with van der Waals surface area (Å²) in [5.41, 5.74) is 2.58. The van der Waals surface area contributed by atoms with Crippen molar-refractivity contribution in [2.24, 2.45) is 0 Å². The number of rotatable bonds is 2. The average Bonchev–Trinajstić information content (AvgIpc) is 2.59. The van der Waals surface area contributed by atoms with Crippen molar-refractivity contribution >= 4 is 23.2 Å². The van der Waals surface area contributed by atoms with Crippen LogP contribution in [0.25, 0.3) is 0 Å². The Morgan fingerprint density at radius 3 is 3.08 bits per heavy atom. The van der Waals surface area contributed by atoms with Gasteiger partial charge in [0.1, 0.15) is 5.51 Å². The number of nitrogens with zero attached hydrogens (tertiary/aromatic N) is 3. The monoisotopic (exact) mass is 178 g/mol. The minimum absolute atomic E-state index is 0.619. The Balaban J connectivity index is 2.15. The van der Waals surface area contributed by atoms with Crippen LogP contribution in [-0.2, 0) is 0 Å². The van der Waals surface area contributed by atoms with Gasteiger partial charge in [-0.25, -0.2) is 4.98 Å². The van der Waals surface area contributed by atoms with E-state index >= 15 is 0 Å². The molecule has 0 aliphatic heterocycles. The normalized spacial score (nSPS) is 9.67. The quantitative estimate of drug-likeness (QED) is 0.760. The molecule has 0 atom stereocenters. The van der Waals surface area contributed by atoms with E-state index in [0.717, 1.165) is 5.69 Å². The summed E-state index contributed by atoms with van der Waals surface area (Å²) in [5.74, 6) is 0.619. The van der Waals surface area contributed by atoms with Gasteiger partial charge in [0.2, 0.25) is 5.95 Å². The number of nitrogens with one attached hydrogen (secondary N) is 1. The van der Waals surface area contributed by atoms with E-state index in [0.29, 0.717) is 5.95 Å². The third-order valence-electron chi connectivity index (χ3n) is 1.28. The molecule has 12 heavy (non-hydrogen) atoms. The summed E-state index contributed by atoms with van der Waals surface area (Å²) in [5, 5.41) is 3.01. The van der Waals surface area contributed by atoms with E-state index in [-0.39, 0.29) is 0 Å². The maximum atomic E-state index is 4.00. The smallest absolute Gasteiger partial charge is 0.239 e. The highest BCUT2D eigenvalue weighted by atomic mass is 32.1. The van der Waals surface area contributed by atoms with Crippen molar-refractivity contribution in [3.63, 3.8) is 0 Å². The first-order chi connectivity index (χ1) is 5.95. The fraction of sp³-hybridized carbons (Fsp3) is 0. The largest absolute Gasteiger partial charge is 0.322 e. The summed E-state index contributed by atoms with van der Waals surface area (Å²) in [6.07, 6.45) is 3.45. The molecule has 0 radical (unpaired) electrons. The molecular weight excluding hydrogens is 172 g/mol. The molecule has 0 saturated heterocycles. The van der Waals surface area contributed by atoms with Gasteiger partial charge in [-0.1, -0.05) is 0 Å². The van der Waals surface area contributed by atoms with Crippen LogP contribution in [-0.4, -0.2) is 14.3 Å². The molecular formula is C7H6N4S. The molecule has 0 aromatic carbocycles. The van der Waals surface area contributed by atoms with Crippen LogP contribution >= 0.6 is 11.5 Å². The van der Waals surface area contributed by atoms with Crippen LogP contribution in [0, 0.1) is 0 Å². The van der Waals surface area contributed by atoms with Gasteiger partial charge in [-0.05, 0) is 23.7 Å². The van der Waals surface area contributed by atoms with Gasteiger partial charge in [0.05, 0.1) is 11.9 Å². The molecule has 0 amide bonds. The second-order valence-electron chi connectivity index (χ2n) is 2.12. The highest BCUT2D eigenvalue weighted by molar-refractivity contribution is 7.03. The van der Waals surface area contributed by atoms with Gasteiger partial charge in [-0.3, -0.25) is 4.98 Å². The van der Waals surface area contributed by atoms with E-state index in [1.807, 2.05) is 12.1 Å². The lowest BCUT2D eigenvalue weighted by Crippen LogP contribution is -1.91. The van der Waals surface area contributed by atoms with Crippen molar-refractivity contribution in [2.45, 2.75) is 0 Å². The lowest BCUT2D eigenvalue weighted by molar-refractivity contribution is 1.27. The lowest BCUT2D eigenvalue weighted by atomic mass is 10.4. The molecule has 2 rings (SSSR count). The van der Waals surface area contributed by atoms with E-state index in [2.05, 4.69) is 19.7 Å². The third-order valence-corrected chi connectivity index (χ3v) is 1.76. The summed E-state index contributed by atoms with van der Waals surface area (Å²) in [4.78, 5) is 7.93. The van der Waals surface area contributed by atoms with Crippen molar-refractivity contribution in [3.05, 3.63) is 30.0 Å². The number of hydrogen-bond donors (Lipinski definition) is 1. The van der Waals surface area contributed by atoms with Gasteiger partial charge < -0.3 is 5.32 Å². The van der Waals surface area contributed by atoms with Crippen molar-refractivity contribution < 1.29 is 0 Å². The van der Waals surface area contributed by atoms with Crippen molar-refractivity contribution in [1.82, 2.24) is 14.3 Å². The van der Waals surface area contributed by atoms with Crippen molar-refractivity contribution in [2.75, 3.05) is 5.32 Å². The third kappa shape index (κ3) is 1.57. The van der Waals surface area contributed by atoms with Crippen LogP contribution < -0.4 is 5.32 Å². The molecule has 0 fully saturated rings. The zero-order valence-corrected chi connectivity index (χ0v) is 6.95. The Hall–Kier alpha value is -1.49. The van der Waals surface area contributed by atoms with E-state index in [1.54, 1.807) is 17.9 Å². The fourth-order valence-electron chi connectivity index (χ4n) is 0.791. The molecule has 0 aliphatic carbocycles. The highest BCUT2D eigenvalue weighted by Crippen LogP contribution is 2.10. The molecule has 1 N–H and O–H groups in total. The predicted octanol–water partition coefficient (Wildman–Crippen LogP) is 1.68. The van der Waals surface area contributed by atoms with Gasteiger partial charge in [0.25, 0.3) is 0 Å². The van der Waals surface area contributed by atoms with E-state index in [4.69, 9.17) is 0 Å². The van der Waals surface area contributed by atoms with Gasteiger partial charge in [-0.2, -0.15) is 4.37 Å². The summed E-state index contributed by atoms with van der Waals surface area (Å²) in [7, 11) is 0. The standard InChI is InChI=1S/C7H6N4S/c1-2-6(4-8-3-1)10-7-9-5-12-11-7/h1-5H,(H,10,11). The van der Waals surface area contributed by atoms with E-state index < -0.39 is 0 Å². The molecule has 0 saturated carbocycles. The van der Waals surface area contributed by atoms with E-state index in [1.165, 1.54) is 11.5 Å².